The highest BCUT2D eigenvalue weighted by atomic mass is 32.1. The third kappa shape index (κ3) is 3.05. The lowest BCUT2D eigenvalue weighted by molar-refractivity contribution is 0.389. The van der Waals surface area contributed by atoms with E-state index in [9.17, 15) is 0 Å². The molecule has 0 aliphatic heterocycles. The molecule has 0 spiro atoms. The number of hydrogen-bond acceptors (Lipinski definition) is 5. The Hall–Kier alpha value is -1.46. The van der Waals surface area contributed by atoms with Gasteiger partial charge in [0.2, 0.25) is 5.88 Å². The van der Waals surface area contributed by atoms with Gasteiger partial charge in [-0.05, 0) is 19.9 Å². The van der Waals surface area contributed by atoms with E-state index in [1.54, 1.807) is 24.6 Å². The summed E-state index contributed by atoms with van der Waals surface area (Å²) in [5.41, 5.74) is 1.06. The smallest absolute Gasteiger partial charge is 0.217 e. The Labute approximate surface area is 111 Å². The number of aromatic nitrogens is 2. The van der Waals surface area contributed by atoms with Gasteiger partial charge in [-0.2, -0.15) is 0 Å². The van der Waals surface area contributed by atoms with Gasteiger partial charge in [-0.15, -0.1) is 11.3 Å². The van der Waals surface area contributed by atoms with Crippen LogP contribution in [0.2, 0.25) is 0 Å². The van der Waals surface area contributed by atoms with E-state index in [4.69, 9.17) is 4.74 Å². The van der Waals surface area contributed by atoms with E-state index in [2.05, 4.69) is 29.1 Å². The van der Waals surface area contributed by atoms with E-state index < -0.39 is 0 Å². The Kier molecular flexibility index (Phi) is 4.28. The second-order valence-corrected chi connectivity index (χ2v) is 5.35. The predicted molar refractivity (Wildman–Crippen MR) is 72.9 cm³/mol. The number of thiazole rings is 1. The van der Waals surface area contributed by atoms with Crippen LogP contribution in [-0.4, -0.2) is 17.1 Å². The van der Waals surface area contributed by atoms with Crippen LogP contribution in [0.5, 0.6) is 5.88 Å². The summed E-state index contributed by atoms with van der Waals surface area (Å²) in [6.07, 6.45) is 3.64. The van der Waals surface area contributed by atoms with E-state index in [-0.39, 0.29) is 6.04 Å². The van der Waals surface area contributed by atoms with Gasteiger partial charge in [0.1, 0.15) is 5.01 Å². The molecule has 4 nitrogen and oxygen atoms in total. The maximum Gasteiger partial charge on any atom is 0.217 e. The molecule has 1 N–H and O–H groups in total. The first kappa shape index (κ1) is 13.0. The van der Waals surface area contributed by atoms with Crippen LogP contribution in [0.3, 0.4) is 0 Å². The van der Waals surface area contributed by atoms with Crippen LogP contribution in [0.15, 0.2) is 24.5 Å². The summed E-state index contributed by atoms with van der Waals surface area (Å²) in [6, 6.07) is 4.16. The van der Waals surface area contributed by atoms with Crippen molar-refractivity contribution in [1.82, 2.24) is 15.3 Å². The highest BCUT2D eigenvalue weighted by molar-refractivity contribution is 7.11. The van der Waals surface area contributed by atoms with Gasteiger partial charge < -0.3 is 10.1 Å². The summed E-state index contributed by atoms with van der Waals surface area (Å²) in [5, 5.41) is 4.54. The highest BCUT2D eigenvalue weighted by Crippen LogP contribution is 2.20. The zero-order valence-corrected chi connectivity index (χ0v) is 11.6. The van der Waals surface area contributed by atoms with Crippen molar-refractivity contribution in [3.63, 3.8) is 0 Å². The molecule has 1 atom stereocenters. The summed E-state index contributed by atoms with van der Waals surface area (Å²) < 4.78 is 5.22. The molecule has 0 amide bonds. The van der Waals surface area contributed by atoms with Crippen molar-refractivity contribution in [2.24, 2.45) is 0 Å². The fourth-order valence-electron chi connectivity index (χ4n) is 1.67. The summed E-state index contributed by atoms with van der Waals surface area (Å²) in [6.45, 7) is 4.90. The quantitative estimate of drug-likeness (QED) is 0.901. The molecule has 0 saturated heterocycles. The molecule has 2 heterocycles. The normalized spacial score (nSPS) is 12.4. The van der Waals surface area contributed by atoms with Crippen LogP contribution in [-0.2, 0) is 6.54 Å². The van der Waals surface area contributed by atoms with Gasteiger partial charge in [0, 0.05) is 29.4 Å². The fraction of sp³-hybridized carbons (Fsp3) is 0.385. The zero-order chi connectivity index (χ0) is 13.0. The van der Waals surface area contributed by atoms with Crippen molar-refractivity contribution in [3.05, 3.63) is 40.0 Å². The molecule has 0 bridgehead atoms. The van der Waals surface area contributed by atoms with Gasteiger partial charge in [-0.1, -0.05) is 6.07 Å². The first-order valence-corrected chi connectivity index (χ1v) is 6.66. The fourth-order valence-corrected chi connectivity index (χ4v) is 2.47. The lowest BCUT2D eigenvalue weighted by Gasteiger charge is -2.12. The number of ether oxygens (including phenoxy) is 1. The topological polar surface area (TPSA) is 47.0 Å². The molecule has 2 aromatic heterocycles. The largest absolute Gasteiger partial charge is 0.481 e. The van der Waals surface area contributed by atoms with Crippen LogP contribution in [0.25, 0.3) is 0 Å². The molecular formula is C13H17N3OS. The summed E-state index contributed by atoms with van der Waals surface area (Å²) in [4.78, 5) is 9.79. The monoisotopic (exact) mass is 263 g/mol. The molecule has 18 heavy (non-hydrogen) atoms. The Morgan fingerprint density at radius 2 is 2.28 bits per heavy atom. The minimum atomic E-state index is 0.230. The number of nitrogens with zero attached hydrogens (tertiary/aromatic N) is 2. The number of rotatable bonds is 5. The van der Waals surface area contributed by atoms with Crippen molar-refractivity contribution in [2.75, 3.05) is 7.11 Å². The standard InChI is InChI=1S/C13H17N3OS/c1-9-7-16-13(18-9)10(2)15-8-11-5-4-6-14-12(11)17-3/h4-7,10,15H,8H2,1-3H3. The number of methoxy groups -OCH3 is 1. The van der Waals surface area contributed by atoms with E-state index in [1.807, 2.05) is 18.3 Å². The Bertz CT molecular complexity index is 512. The average Bonchev–Trinajstić information content (AvgIpc) is 2.83. The number of aryl methyl sites for hydroxylation is 1. The third-order valence-corrected chi connectivity index (χ3v) is 3.75. The van der Waals surface area contributed by atoms with Crippen LogP contribution < -0.4 is 10.1 Å². The van der Waals surface area contributed by atoms with Crippen molar-refractivity contribution >= 4 is 11.3 Å². The predicted octanol–water partition coefficient (Wildman–Crippen LogP) is 2.71. The molecule has 2 rings (SSSR count). The molecule has 0 aliphatic rings. The van der Waals surface area contributed by atoms with Crippen LogP contribution in [0.4, 0.5) is 0 Å². The van der Waals surface area contributed by atoms with Crippen molar-refractivity contribution in [1.29, 1.82) is 0 Å². The van der Waals surface area contributed by atoms with Gasteiger partial charge in [-0.25, -0.2) is 9.97 Å². The minimum absolute atomic E-state index is 0.230. The highest BCUT2D eigenvalue weighted by Gasteiger charge is 2.10. The van der Waals surface area contributed by atoms with Crippen LogP contribution >= 0.6 is 11.3 Å². The SMILES string of the molecule is COc1ncccc1CNC(C)c1ncc(C)s1. The van der Waals surface area contributed by atoms with Crippen molar-refractivity contribution in [2.45, 2.75) is 26.4 Å². The van der Waals surface area contributed by atoms with Crippen LogP contribution in [0.1, 0.15) is 28.4 Å². The Morgan fingerprint density at radius 1 is 1.44 bits per heavy atom. The molecule has 1 unspecified atom stereocenters. The summed E-state index contributed by atoms with van der Waals surface area (Å²) in [7, 11) is 1.64. The van der Waals surface area contributed by atoms with Gasteiger partial charge in [0.15, 0.2) is 0 Å². The molecule has 2 aromatic rings. The molecule has 0 radical (unpaired) electrons. The lowest BCUT2D eigenvalue weighted by Crippen LogP contribution is -2.18. The Morgan fingerprint density at radius 3 is 2.94 bits per heavy atom. The van der Waals surface area contributed by atoms with Gasteiger partial charge in [0.05, 0.1) is 13.2 Å². The Balaban J connectivity index is 1.99. The first-order valence-electron chi connectivity index (χ1n) is 5.84. The first-order chi connectivity index (χ1) is 8.70. The number of nitrogens with one attached hydrogen (secondary N) is 1. The zero-order valence-electron chi connectivity index (χ0n) is 10.8. The number of pyridine rings is 1. The molecular weight excluding hydrogens is 246 g/mol. The molecule has 0 saturated carbocycles. The van der Waals surface area contributed by atoms with E-state index in [0.717, 1.165) is 17.1 Å². The minimum Gasteiger partial charge on any atom is -0.481 e. The maximum atomic E-state index is 5.22. The molecule has 0 aromatic carbocycles. The van der Waals surface area contributed by atoms with Gasteiger partial charge >= 0.3 is 0 Å². The van der Waals surface area contributed by atoms with Crippen LogP contribution in [0, 0.1) is 6.92 Å². The summed E-state index contributed by atoms with van der Waals surface area (Å²) in [5.74, 6) is 0.674. The lowest BCUT2D eigenvalue weighted by atomic mass is 10.2. The molecule has 0 fully saturated rings. The second kappa shape index (κ2) is 5.93. The second-order valence-electron chi connectivity index (χ2n) is 4.08. The third-order valence-electron chi connectivity index (χ3n) is 2.65. The van der Waals surface area contributed by atoms with Gasteiger partial charge in [0.25, 0.3) is 0 Å². The van der Waals surface area contributed by atoms with Crippen molar-refractivity contribution in [3.8, 4) is 5.88 Å². The molecule has 96 valence electrons. The average molecular weight is 263 g/mol. The summed E-state index contributed by atoms with van der Waals surface area (Å²) >= 11 is 1.72. The van der Waals surface area contributed by atoms with E-state index in [1.165, 1.54) is 4.88 Å². The van der Waals surface area contributed by atoms with Gasteiger partial charge in [-0.3, -0.25) is 0 Å². The van der Waals surface area contributed by atoms with E-state index >= 15 is 0 Å². The molecule has 5 heteroatoms. The van der Waals surface area contributed by atoms with Crippen molar-refractivity contribution < 1.29 is 4.74 Å². The maximum absolute atomic E-state index is 5.22. The van der Waals surface area contributed by atoms with E-state index in [0.29, 0.717) is 5.88 Å². The molecule has 0 aliphatic carbocycles. The number of hydrogen-bond donors (Lipinski definition) is 1.